The van der Waals surface area contributed by atoms with Gasteiger partial charge in [0.1, 0.15) is 5.75 Å². The van der Waals surface area contributed by atoms with Crippen LogP contribution in [0, 0.1) is 0 Å². The monoisotopic (exact) mass is 245 g/mol. The minimum absolute atomic E-state index is 0.0420. The van der Waals surface area contributed by atoms with Gasteiger partial charge in [-0.1, -0.05) is 23.7 Å². The molecule has 90 valence electrons. The third kappa shape index (κ3) is 3.64. The molecule has 0 radical (unpaired) electrons. The second-order valence-electron chi connectivity index (χ2n) is 4.01. The molecule has 1 atom stereocenters. The Labute approximate surface area is 99.5 Å². The second-order valence-corrected chi connectivity index (χ2v) is 4.41. The van der Waals surface area contributed by atoms with Crippen LogP contribution in [0.4, 0.5) is 0 Å². The Kier molecular flexibility index (Phi) is 4.56. The molecule has 4 nitrogen and oxygen atoms in total. The molecule has 0 bridgehead atoms. The Morgan fingerprint density at radius 2 is 2.12 bits per heavy atom. The Morgan fingerprint density at radius 3 is 2.75 bits per heavy atom. The molecule has 0 aliphatic heterocycles. The SMILES string of the molecule is CC(O)(CO)CNCc1cccc(Cl)c1O. The van der Waals surface area contributed by atoms with Gasteiger partial charge in [0.15, 0.2) is 0 Å². The lowest BCUT2D eigenvalue weighted by atomic mass is 10.1. The predicted molar refractivity (Wildman–Crippen MR) is 62.5 cm³/mol. The molecule has 0 fully saturated rings. The first kappa shape index (κ1) is 13.3. The van der Waals surface area contributed by atoms with Crippen LogP contribution in [0.3, 0.4) is 0 Å². The zero-order valence-corrected chi connectivity index (χ0v) is 9.83. The minimum atomic E-state index is -1.16. The number of halogens is 1. The molecule has 16 heavy (non-hydrogen) atoms. The van der Waals surface area contributed by atoms with E-state index in [2.05, 4.69) is 5.32 Å². The van der Waals surface area contributed by atoms with Crippen molar-refractivity contribution in [2.75, 3.05) is 13.2 Å². The van der Waals surface area contributed by atoms with Gasteiger partial charge in [-0.3, -0.25) is 0 Å². The molecule has 0 heterocycles. The summed E-state index contributed by atoms with van der Waals surface area (Å²) in [4.78, 5) is 0. The van der Waals surface area contributed by atoms with Gasteiger partial charge < -0.3 is 20.6 Å². The van der Waals surface area contributed by atoms with Gasteiger partial charge >= 0.3 is 0 Å². The molecule has 1 rings (SSSR count). The van der Waals surface area contributed by atoms with Crippen LogP contribution in [0.25, 0.3) is 0 Å². The number of para-hydroxylation sites is 1. The van der Waals surface area contributed by atoms with Gasteiger partial charge in [-0.15, -0.1) is 0 Å². The summed E-state index contributed by atoms with van der Waals surface area (Å²) in [6, 6.07) is 5.08. The standard InChI is InChI=1S/C11H16ClNO3/c1-11(16,7-14)6-13-5-8-3-2-4-9(12)10(8)15/h2-4,13-16H,5-7H2,1H3. The molecule has 0 spiro atoms. The Hall–Kier alpha value is -0.810. The first-order chi connectivity index (χ1) is 7.46. The van der Waals surface area contributed by atoms with E-state index in [1.165, 1.54) is 6.92 Å². The van der Waals surface area contributed by atoms with Crippen molar-refractivity contribution in [3.05, 3.63) is 28.8 Å². The highest BCUT2D eigenvalue weighted by atomic mass is 35.5. The van der Waals surface area contributed by atoms with Gasteiger partial charge in [-0.25, -0.2) is 0 Å². The van der Waals surface area contributed by atoms with Crippen LogP contribution in [0.15, 0.2) is 18.2 Å². The van der Waals surface area contributed by atoms with Crippen LogP contribution >= 0.6 is 11.6 Å². The maximum absolute atomic E-state index is 9.60. The molecule has 1 aromatic rings. The molecule has 0 aromatic heterocycles. The molecule has 0 aliphatic rings. The average molecular weight is 246 g/mol. The molecule has 0 aliphatic carbocycles. The van der Waals surface area contributed by atoms with Crippen LogP contribution in [0.1, 0.15) is 12.5 Å². The van der Waals surface area contributed by atoms with Gasteiger partial charge in [0, 0.05) is 18.7 Å². The zero-order valence-electron chi connectivity index (χ0n) is 9.07. The Balaban J connectivity index is 2.53. The number of benzene rings is 1. The first-order valence-electron chi connectivity index (χ1n) is 4.96. The number of hydrogen-bond donors (Lipinski definition) is 4. The molecular formula is C11H16ClNO3. The van der Waals surface area contributed by atoms with E-state index < -0.39 is 5.60 Å². The summed E-state index contributed by atoms with van der Waals surface area (Å²) in [6.07, 6.45) is 0. The number of phenolic OH excluding ortho intramolecular Hbond substituents is 1. The number of aliphatic hydroxyl groups excluding tert-OH is 1. The van der Waals surface area contributed by atoms with Crippen molar-refractivity contribution < 1.29 is 15.3 Å². The summed E-state index contributed by atoms with van der Waals surface area (Å²) < 4.78 is 0. The molecular weight excluding hydrogens is 230 g/mol. The van der Waals surface area contributed by atoms with E-state index in [-0.39, 0.29) is 18.9 Å². The van der Waals surface area contributed by atoms with Crippen molar-refractivity contribution >= 4 is 11.6 Å². The van der Waals surface area contributed by atoms with Gasteiger partial charge in [-0.2, -0.15) is 0 Å². The number of hydrogen-bond acceptors (Lipinski definition) is 4. The van der Waals surface area contributed by atoms with Crippen molar-refractivity contribution in [2.45, 2.75) is 19.1 Å². The van der Waals surface area contributed by atoms with E-state index in [1.807, 2.05) is 0 Å². The van der Waals surface area contributed by atoms with E-state index in [1.54, 1.807) is 18.2 Å². The van der Waals surface area contributed by atoms with Crippen molar-refractivity contribution in [1.29, 1.82) is 0 Å². The van der Waals surface area contributed by atoms with Gasteiger partial charge in [0.25, 0.3) is 0 Å². The number of nitrogens with one attached hydrogen (secondary N) is 1. The van der Waals surface area contributed by atoms with Crippen LogP contribution in [-0.2, 0) is 6.54 Å². The van der Waals surface area contributed by atoms with Crippen molar-refractivity contribution in [3.63, 3.8) is 0 Å². The summed E-state index contributed by atoms with van der Waals surface area (Å²) in [6.45, 7) is 1.82. The third-order valence-electron chi connectivity index (χ3n) is 2.23. The number of aromatic hydroxyl groups is 1. The Morgan fingerprint density at radius 1 is 1.44 bits per heavy atom. The fourth-order valence-corrected chi connectivity index (χ4v) is 1.42. The number of aliphatic hydroxyl groups is 2. The molecule has 0 amide bonds. The highest BCUT2D eigenvalue weighted by molar-refractivity contribution is 6.32. The first-order valence-corrected chi connectivity index (χ1v) is 5.34. The van der Waals surface area contributed by atoms with E-state index in [9.17, 15) is 10.2 Å². The van der Waals surface area contributed by atoms with Crippen LogP contribution in [0.2, 0.25) is 5.02 Å². The summed E-state index contributed by atoms with van der Waals surface area (Å²) in [5.41, 5.74) is -0.505. The lowest BCUT2D eigenvalue weighted by molar-refractivity contribution is 0.00251. The van der Waals surface area contributed by atoms with Crippen LogP contribution in [-0.4, -0.2) is 34.1 Å². The number of rotatable bonds is 5. The zero-order chi connectivity index (χ0) is 12.2. The second kappa shape index (κ2) is 5.50. The van der Waals surface area contributed by atoms with E-state index in [0.717, 1.165) is 0 Å². The van der Waals surface area contributed by atoms with E-state index in [0.29, 0.717) is 17.1 Å². The third-order valence-corrected chi connectivity index (χ3v) is 2.54. The summed E-state index contributed by atoms with van der Waals surface area (Å²) in [5, 5.41) is 31.2. The molecule has 1 unspecified atom stereocenters. The maximum atomic E-state index is 9.60. The lowest BCUT2D eigenvalue weighted by Crippen LogP contribution is -2.40. The summed E-state index contributed by atoms with van der Waals surface area (Å²) >= 11 is 5.74. The topological polar surface area (TPSA) is 72.7 Å². The summed E-state index contributed by atoms with van der Waals surface area (Å²) in [7, 11) is 0. The smallest absolute Gasteiger partial charge is 0.138 e. The molecule has 5 heteroatoms. The Bertz CT molecular complexity index is 355. The van der Waals surface area contributed by atoms with E-state index in [4.69, 9.17) is 16.7 Å². The van der Waals surface area contributed by atoms with Crippen LogP contribution < -0.4 is 5.32 Å². The molecule has 4 N–H and O–H groups in total. The van der Waals surface area contributed by atoms with Gasteiger partial charge in [0.05, 0.1) is 17.2 Å². The minimum Gasteiger partial charge on any atom is -0.506 e. The summed E-state index contributed by atoms with van der Waals surface area (Å²) in [5.74, 6) is 0.0420. The molecule has 0 saturated carbocycles. The highest BCUT2D eigenvalue weighted by Crippen LogP contribution is 2.26. The van der Waals surface area contributed by atoms with Gasteiger partial charge in [-0.05, 0) is 13.0 Å². The van der Waals surface area contributed by atoms with Crippen LogP contribution in [0.5, 0.6) is 5.75 Å². The molecule has 1 aromatic carbocycles. The van der Waals surface area contributed by atoms with Crippen molar-refractivity contribution in [1.82, 2.24) is 5.32 Å². The fraction of sp³-hybridized carbons (Fsp3) is 0.455. The lowest BCUT2D eigenvalue weighted by Gasteiger charge is -2.20. The predicted octanol–water partition coefficient (Wildman–Crippen LogP) is 0.878. The number of phenols is 1. The van der Waals surface area contributed by atoms with Crippen molar-refractivity contribution in [2.24, 2.45) is 0 Å². The average Bonchev–Trinajstić information content (AvgIpc) is 2.24. The fourth-order valence-electron chi connectivity index (χ4n) is 1.23. The van der Waals surface area contributed by atoms with Gasteiger partial charge in [0.2, 0.25) is 0 Å². The quantitative estimate of drug-likeness (QED) is 0.622. The normalized spacial score (nSPS) is 14.8. The highest BCUT2D eigenvalue weighted by Gasteiger charge is 2.18. The molecule has 0 saturated heterocycles. The largest absolute Gasteiger partial charge is 0.506 e. The van der Waals surface area contributed by atoms with Crippen molar-refractivity contribution in [3.8, 4) is 5.75 Å². The maximum Gasteiger partial charge on any atom is 0.138 e. The van der Waals surface area contributed by atoms with E-state index >= 15 is 0 Å².